The van der Waals surface area contributed by atoms with Crippen LogP contribution in [0.1, 0.15) is 32.3 Å². The van der Waals surface area contributed by atoms with Gasteiger partial charge in [0, 0.05) is 13.1 Å². The Hall–Kier alpha value is -2.20. The molecule has 12 heteroatoms. The Balaban J connectivity index is 2.40. The maximum Gasteiger partial charge on any atom is 0.244 e. The Kier molecular flexibility index (Phi) is 11.2. The van der Waals surface area contributed by atoms with E-state index in [4.69, 9.17) is 39.5 Å². The quantitative estimate of drug-likeness (QED) is 0.367. The van der Waals surface area contributed by atoms with Crippen LogP contribution in [0.2, 0.25) is 15.1 Å². The molecule has 0 bridgehead atoms. The number of rotatable bonds is 12. The number of ether oxygens (including phenoxy) is 1. The number of amides is 2. The van der Waals surface area contributed by atoms with Crippen LogP contribution in [0.15, 0.2) is 36.4 Å². The Labute approximate surface area is 227 Å². The number of halogens is 3. The van der Waals surface area contributed by atoms with Crippen LogP contribution in [0, 0.1) is 0 Å². The van der Waals surface area contributed by atoms with Crippen molar-refractivity contribution in [2.24, 2.45) is 0 Å². The number of carbonyl (C=O) groups is 2. The van der Waals surface area contributed by atoms with Gasteiger partial charge >= 0.3 is 0 Å². The van der Waals surface area contributed by atoms with Crippen molar-refractivity contribution < 1.29 is 22.7 Å². The van der Waals surface area contributed by atoms with Gasteiger partial charge in [0.05, 0.1) is 34.1 Å². The first-order chi connectivity index (χ1) is 16.9. The first-order valence-electron chi connectivity index (χ1n) is 11.2. The molecule has 0 aliphatic rings. The molecule has 2 aromatic rings. The molecule has 0 spiro atoms. The van der Waals surface area contributed by atoms with Gasteiger partial charge in [0.1, 0.15) is 18.3 Å². The van der Waals surface area contributed by atoms with E-state index in [-0.39, 0.29) is 23.2 Å². The number of methoxy groups -OCH3 is 1. The Morgan fingerprint density at radius 3 is 2.31 bits per heavy atom. The van der Waals surface area contributed by atoms with Crippen LogP contribution in [0.3, 0.4) is 0 Å². The first kappa shape index (κ1) is 30.0. The number of nitrogens with zero attached hydrogens (tertiary/aromatic N) is 2. The summed E-state index contributed by atoms with van der Waals surface area (Å²) in [6.07, 6.45) is 2.68. The van der Waals surface area contributed by atoms with E-state index in [0.717, 1.165) is 23.4 Å². The zero-order valence-electron chi connectivity index (χ0n) is 20.6. The second-order valence-corrected chi connectivity index (χ2v) is 11.3. The smallest absolute Gasteiger partial charge is 0.244 e. The molecule has 1 atom stereocenters. The van der Waals surface area contributed by atoms with Gasteiger partial charge in [-0.1, -0.05) is 54.2 Å². The fraction of sp³-hybridized carbons (Fsp3) is 0.417. The van der Waals surface area contributed by atoms with E-state index >= 15 is 0 Å². The summed E-state index contributed by atoms with van der Waals surface area (Å²) < 4.78 is 31.3. The van der Waals surface area contributed by atoms with Crippen molar-refractivity contribution in [1.82, 2.24) is 10.2 Å². The van der Waals surface area contributed by atoms with E-state index in [1.807, 2.05) is 6.92 Å². The summed E-state index contributed by atoms with van der Waals surface area (Å²) in [5.74, 6) is -0.578. The normalized spacial score (nSPS) is 12.1. The van der Waals surface area contributed by atoms with E-state index < -0.39 is 28.5 Å². The summed E-state index contributed by atoms with van der Waals surface area (Å²) in [6.45, 7) is 3.52. The van der Waals surface area contributed by atoms with Gasteiger partial charge in [-0.2, -0.15) is 0 Å². The molecule has 0 heterocycles. The van der Waals surface area contributed by atoms with Crippen LogP contribution in [-0.2, 0) is 26.2 Å². The Bertz CT molecular complexity index is 1190. The largest absolute Gasteiger partial charge is 0.495 e. The molecule has 2 aromatic carbocycles. The lowest BCUT2D eigenvalue weighted by molar-refractivity contribution is -0.139. The van der Waals surface area contributed by atoms with Crippen LogP contribution in [0.5, 0.6) is 5.75 Å². The summed E-state index contributed by atoms with van der Waals surface area (Å²) in [5, 5.41) is 3.65. The summed E-state index contributed by atoms with van der Waals surface area (Å²) in [5.41, 5.74) is 0.815. The highest BCUT2D eigenvalue weighted by molar-refractivity contribution is 7.92. The average Bonchev–Trinajstić information content (AvgIpc) is 2.81. The lowest BCUT2D eigenvalue weighted by Gasteiger charge is -2.31. The topological polar surface area (TPSA) is 96.0 Å². The predicted octanol–water partition coefficient (Wildman–Crippen LogP) is 4.76. The van der Waals surface area contributed by atoms with E-state index in [1.54, 1.807) is 25.1 Å². The fourth-order valence-corrected chi connectivity index (χ4v) is 4.79. The van der Waals surface area contributed by atoms with Gasteiger partial charge in [-0.15, -0.1) is 0 Å². The lowest BCUT2D eigenvalue weighted by atomic mass is 10.1. The molecule has 8 nitrogen and oxygen atoms in total. The molecule has 1 N–H and O–H groups in total. The van der Waals surface area contributed by atoms with E-state index in [9.17, 15) is 18.0 Å². The van der Waals surface area contributed by atoms with Gasteiger partial charge in [-0.25, -0.2) is 8.42 Å². The number of sulfonamides is 1. The molecule has 0 fully saturated rings. The number of hydrogen-bond donors (Lipinski definition) is 1. The minimum atomic E-state index is -3.88. The molecule has 36 heavy (non-hydrogen) atoms. The molecule has 0 aromatic heterocycles. The maximum absolute atomic E-state index is 13.5. The molecule has 0 saturated heterocycles. The van der Waals surface area contributed by atoms with Gasteiger partial charge in [0.2, 0.25) is 21.8 Å². The molecule has 0 aliphatic heterocycles. The molecule has 0 aliphatic carbocycles. The second kappa shape index (κ2) is 13.4. The SMILES string of the molecule is CCCCNC(=O)[C@@H](C)N(Cc1ccc(Cl)c(Cl)c1)C(=O)CN(c1ccc(OC)c(Cl)c1)S(C)(=O)=O. The number of nitrogens with one attached hydrogen (secondary N) is 1. The zero-order chi connectivity index (χ0) is 27.0. The van der Waals surface area contributed by atoms with E-state index in [0.29, 0.717) is 27.9 Å². The van der Waals surface area contributed by atoms with Gasteiger partial charge in [-0.3, -0.25) is 13.9 Å². The minimum absolute atomic E-state index is 0.0130. The molecule has 198 valence electrons. The highest BCUT2D eigenvalue weighted by Crippen LogP contribution is 2.30. The molecule has 2 rings (SSSR count). The standard InChI is InChI=1S/C24H30Cl3N3O5S/c1-5-6-11-28-24(32)16(2)29(14-17-7-9-19(25)20(26)12-17)23(31)15-30(36(4,33)34)18-8-10-22(35-3)21(27)13-18/h7-10,12-13,16H,5-6,11,14-15H2,1-4H3,(H,28,32)/t16-/m1/s1. The third-order valence-corrected chi connectivity index (χ3v) is 7.61. The summed E-state index contributed by atoms with van der Waals surface area (Å²) >= 11 is 18.3. The van der Waals surface area contributed by atoms with Crippen LogP contribution in [-0.4, -0.2) is 57.6 Å². The second-order valence-electron chi connectivity index (χ2n) is 8.18. The number of unbranched alkanes of at least 4 members (excludes halogenated alkanes) is 1. The Morgan fingerprint density at radius 2 is 1.75 bits per heavy atom. The van der Waals surface area contributed by atoms with Crippen molar-refractivity contribution in [3.05, 3.63) is 57.0 Å². The average molecular weight is 579 g/mol. The summed E-state index contributed by atoms with van der Waals surface area (Å²) in [4.78, 5) is 27.7. The van der Waals surface area contributed by atoms with Gasteiger partial charge < -0.3 is 15.0 Å². The van der Waals surface area contributed by atoms with Crippen LogP contribution in [0.4, 0.5) is 5.69 Å². The van der Waals surface area contributed by atoms with Crippen molar-refractivity contribution in [1.29, 1.82) is 0 Å². The van der Waals surface area contributed by atoms with Gasteiger partial charge in [0.25, 0.3) is 0 Å². The van der Waals surface area contributed by atoms with Crippen molar-refractivity contribution in [2.45, 2.75) is 39.3 Å². The highest BCUT2D eigenvalue weighted by atomic mass is 35.5. The number of carbonyl (C=O) groups excluding carboxylic acids is 2. The fourth-order valence-electron chi connectivity index (χ4n) is 3.38. The number of anilines is 1. The van der Waals surface area contributed by atoms with Crippen molar-refractivity contribution in [3.8, 4) is 5.75 Å². The lowest BCUT2D eigenvalue weighted by Crippen LogP contribution is -2.51. The first-order valence-corrected chi connectivity index (χ1v) is 14.2. The predicted molar refractivity (Wildman–Crippen MR) is 145 cm³/mol. The van der Waals surface area contributed by atoms with Crippen LogP contribution in [0.25, 0.3) is 0 Å². The van der Waals surface area contributed by atoms with E-state index in [2.05, 4.69) is 5.32 Å². The minimum Gasteiger partial charge on any atom is -0.495 e. The van der Waals surface area contributed by atoms with Crippen molar-refractivity contribution >= 4 is 62.3 Å². The number of hydrogen-bond acceptors (Lipinski definition) is 5. The van der Waals surface area contributed by atoms with Crippen LogP contribution >= 0.6 is 34.8 Å². The molecular formula is C24H30Cl3N3O5S. The molecule has 2 amide bonds. The van der Waals surface area contributed by atoms with Crippen molar-refractivity contribution in [3.63, 3.8) is 0 Å². The Morgan fingerprint density at radius 1 is 1.06 bits per heavy atom. The van der Waals surface area contributed by atoms with Gasteiger partial charge in [-0.05, 0) is 49.2 Å². The summed E-state index contributed by atoms with van der Waals surface area (Å²) in [6, 6.07) is 8.40. The van der Waals surface area contributed by atoms with Gasteiger partial charge in [0.15, 0.2) is 0 Å². The molecule has 0 saturated carbocycles. The van der Waals surface area contributed by atoms with Crippen molar-refractivity contribution in [2.75, 3.05) is 30.8 Å². The third-order valence-electron chi connectivity index (χ3n) is 5.44. The summed E-state index contributed by atoms with van der Waals surface area (Å²) in [7, 11) is -2.45. The highest BCUT2D eigenvalue weighted by Gasteiger charge is 2.30. The van der Waals surface area contributed by atoms with Crippen LogP contribution < -0.4 is 14.4 Å². The zero-order valence-corrected chi connectivity index (χ0v) is 23.6. The molecular weight excluding hydrogens is 549 g/mol. The monoisotopic (exact) mass is 577 g/mol. The maximum atomic E-state index is 13.5. The third kappa shape index (κ3) is 8.16. The number of benzene rings is 2. The molecule has 0 unspecified atom stereocenters. The molecule has 0 radical (unpaired) electrons. The van der Waals surface area contributed by atoms with E-state index in [1.165, 1.54) is 30.2 Å².